The minimum Gasteiger partial charge on any atom is -0.352 e. The number of anilines is 1. The van der Waals surface area contributed by atoms with Crippen LogP contribution in [0.3, 0.4) is 0 Å². The molecule has 0 amide bonds. The van der Waals surface area contributed by atoms with E-state index in [1.165, 1.54) is 11.6 Å². The summed E-state index contributed by atoms with van der Waals surface area (Å²) in [4.78, 5) is 31.1. The smallest absolute Gasteiger partial charge is 0.332 e. The molecule has 2 rings (SSSR count). The first-order valence-electron chi connectivity index (χ1n) is 6.45. The van der Waals surface area contributed by atoms with Crippen LogP contribution >= 0.6 is 11.8 Å². The van der Waals surface area contributed by atoms with E-state index in [1.54, 1.807) is 7.05 Å². The second-order valence-electron chi connectivity index (χ2n) is 4.69. The second-order valence-corrected chi connectivity index (χ2v) is 6.01. The van der Waals surface area contributed by atoms with E-state index in [0.29, 0.717) is 17.1 Å². The van der Waals surface area contributed by atoms with Crippen molar-refractivity contribution in [1.29, 1.82) is 0 Å². The number of H-pyrrole nitrogens is 1. The molecule has 1 atom stereocenters. The first-order valence-corrected chi connectivity index (χ1v) is 7.61. The first-order chi connectivity index (χ1) is 9.45. The third-order valence-corrected chi connectivity index (χ3v) is 4.19. The molecule has 0 spiro atoms. The van der Waals surface area contributed by atoms with Crippen molar-refractivity contribution in [2.45, 2.75) is 19.9 Å². The maximum absolute atomic E-state index is 12.0. The van der Waals surface area contributed by atoms with E-state index in [2.05, 4.69) is 22.2 Å². The molecule has 0 saturated heterocycles. The van der Waals surface area contributed by atoms with Crippen molar-refractivity contribution in [3.8, 4) is 0 Å². The number of nitrogens with one attached hydrogen (secondary N) is 2. The molecule has 0 aliphatic carbocycles. The van der Waals surface area contributed by atoms with Crippen LogP contribution in [0.15, 0.2) is 9.59 Å². The maximum atomic E-state index is 12.0. The average Bonchev–Trinajstić information content (AvgIpc) is 2.84. The van der Waals surface area contributed by atoms with Gasteiger partial charge in [-0.25, -0.2) is 4.79 Å². The van der Waals surface area contributed by atoms with Gasteiger partial charge in [0.25, 0.3) is 5.56 Å². The number of hydrogen-bond acceptors (Lipinski definition) is 5. The van der Waals surface area contributed by atoms with Gasteiger partial charge in [0.15, 0.2) is 11.2 Å². The predicted molar refractivity (Wildman–Crippen MR) is 82.7 cm³/mol. The van der Waals surface area contributed by atoms with Gasteiger partial charge in [0.05, 0.1) is 0 Å². The number of nitrogens with zero attached hydrogens (tertiary/aromatic N) is 3. The Hall–Kier alpha value is -1.70. The van der Waals surface area contributed by atoms with Crippen molar-refractivity contribution >= 4 is 28.9 Å². The SMILES string of the molecule is CCSCC(C)Nc1nc2c([nH]1)c(=O)n(C)c(=O)n2C. The van der Waals surface area contributed by atoms with Gasteiger partial charge in [0.1, 0.15) is 0 Å². The van der Waals surface area contributed by atoms with Crippen LogP contribution in [-0.4, -0.2) is 36.6 Å². The zero-order valence-corrected chi connectivity index (χ0v) is 12.9. The highest BCUT2D eigenvalue weighted by Crippen LogP contribution is 2.11. The number of fused-ring (bicyclic) bond motifs is 1. The third kappa shape index (κ3) is 2.60. The van der Waals surface area contributed by atoms with E-state index < -0.39 is 0 Å². The molecule has 2 aromatic heterocycles. The predicted octanol–water partition coefficient (Wildman–Crippen LogP) is 0.514. The van der Waals surface area contributed by atoms with Crippen molar-refractivity contribution in [2.75, 3.05) is 16.8 Å². The molecule has 0 aliphatic rings. The highest BCUT2D eigenvalue weighted by molar-refractivity contribution is 7.99. The number of rotatable bonds is 5. The van der Waals surface area contributed by atoms with Gasteiger partial charge in [-0.15, -0.1) is 0 Å². The average molecular weight is 297 g/mol. The maximum Gasteiger partial charge on any atom is 0.332 e. The minimum absolute atomic E-state index is 0.224. The number of aryl methyl sites for hydroxylation is 1. The van der Waals surface area contributed by atoms with E-state index in [1.807, 2.05) is 18.7 Å². The lowest BCUT2D eigenvalue weighted by Gasteiger charge is -2.11. The molecular formula is C12H19N5O2S. The number of aromatic nitrogens is 4. The van der Waals surface area contributed by atoms with E-state index >= 15 is 0 Å². The van der Waals surface area contributed by atoms with Crippen LogP contribution in [0.2, 0.25) is 0 Å². The topological polar surface area (TPSA) is 84.7 Å². The van der Waals surface area contributed by atoms with Gasteiger partial charge in [0, 0.05) is 25.9 Å². The molecule has 2 aromatic rings. The molecule has 8 heteroatoms. The van der Waals surface area contributed by atoms with Gasteiger partial charge < -0.3 is 10.3 Å². The molecule has 0 radical (unpaired) electrons. The summed E-state index contributed by atoms with van der Waals surface area (Å²) < 4.78 is 2.44. The van der Waals surface area contributed by atoms with Crippen molar-refractivity contribution in [3.05, 3.63) is 20.8 Å². The Kier molecular flexibility index (Phi) is 4.22. The lowest BCUT2D eigenvalue weighted by Crippen LogP contribution is -2.36. The van der Waals surface area contributed by atoms with E-state index in [-0.39, 0.29) is 17.3 Å². The standard InChI is InChI=1S/C12H19N5O2S/c1-5-20-6-7(2)13-11-14-8-9(15-11)16(3)12(19)17(4)10(8)18/h7H,5-6H2,1-4H3,(H2,13,14,15). The number of aromatic amines is 1. The Labute approximate surface area is 120 Å². The summed E-state index contributed by atoms with van der Waals surface area (Å²) >= 11 is 1.83. The van der Waals surface area contributed by atoms with Gasteiger partial charge in [0.2, 0.25) is 5.95 Å². The molecule has 110 valence electrons. The molecule has 2 N–H and O–H groups in total. The van der Waals surface area contributed by atoms with Crippen LogP contribution in [0.4, 0.5) is 5.95 Å². The third-order valence-electron chi connectivity index (χ3n) is 3.05. The second kappa shape index (κ2) is 5.74. The Morgan fingerprint density at radius 2 is 2.05 bits per heavy atom. The summed E-state index contributed by atoms with van der Waals surface area (Å²) in [6.07, 6.45) is 0. The van der Waals surface area contributed by atoms with E-state index in [0.717, 1.165) is 16.1 Å². The van der Waals surface area contributed by atoms with Crippen LogP contribution in [0.25, 0.3) is 11.2 Å². The summed E-state index contributed by atoms with van der Waals surface area (Å²) in [6.45, 7) is 4.16. The van der Waals surface area contributed by atoms with Gasteiger partial charge in [-0.05, 0) is 12.7 Å². The highest BCUT2D eigenvalue weighted by atomic mass is 32.2. The normalized spacial score (nSPS) is 12.8. The molecule has 1 unspecified atom stereocenters. The monoisotopic (exact) mass is 297 g/mol. The van der Waals surface area contributed by atoms with Crippen LogP contribution in [-0.2, 0) is 14.1 Å². The lowest BCUT2D eigenvalue weighted by molar-refractivity contribution is 0.709. The van der Waals surface area contributed by atoms with Crippen molar-refractivity contribution in [1.82, 2.24) is 19.1 Å². The van der Waals surface area contributed by atoms with E-state index in [9.17, 15) is 9.59 Å². The highest BCUT2D eigenvalue weighted by Gasteiger charge is 2.14. The fourth-order valence-corrected chi connectivity index (χ4v) is 2.64. The largest absolute Gasteiger partial charge is 0.352 e. The Morgan fingerprint density at radius 3 is 2.70 bits per heavy atom. The molecule has 0 aromatic carbocycles. The molecule has 0 saturated carbocycles. The molecule has 20 heavy (non-hydrogen) atoms. The Balaban J connectivity index is 2.39. The van der Waals surface area contributed by atoms with Crippen LogP contribution in [0, 0.1) is 0 Å². The minimum atomic E-state index is -0.380. The fourth-order valence-electron chi connectivity index (χ4n) is 1.96. The van der Waals surface area contributed by atoms with Crippen molar-refractivity contribution in [2.24, 2.45) is 14.1 Å². The molecule has 7 nitrogen and oxygen atoms in total. The summed E-state index contributed by atoms with van der Waals surface area (Å²) in [6, 6.07) is 0.224. The van der Waals surface area contributed by atoms with Crippen LogP contribution in [0.1, 0.15) is 13.8 Å². The van der Waals surface area contributed by atoms with Crippen LogP contribution in [0.5, 0.6) is 0 Å². The van der Waals surface area contributed by atoms with Gasteiger partial charge in [-0.2, -0.15) is 16.7 Å². The summed E-state index contributed by atoms with van der Waals surface area (Å²) in [5.41, 5.74) is -0.0298. The molecule has 0 aliphatic heterocycles. The van der Waals surface area contributed by atoms with Crippen molar-refractivity contribution < 1.29 is 0 Å². The fraction of sp³-hybridized carbons (Fsp3) is 0.583. The number of thioether (sulfide) groups is 1. The molecule has 0 fully saturated rings. The summed E-state index contributed by atoms with van der Waals surface area (Å²) in [7, 11) is 3.06. The first kappa shape index (κ1) is 14.7. The number of hydrogen-bond donors (Lipinski definition) is 2. The van der Waals surface area contributed by atoms with E-state index in [4.69, 9.17) is 0 Å². The van der Waals surface area contributed by atoms with Crippen LogP contribution < -0.4 is 16.6 Å². The molecule has 2 heterocycles. The quantitative estimate of drug-likeness (QED) is 0.840. The lowest BCUT2D eigenvalue weighted by atomic mass is 10.4. The van der Waals surface area contributed by atoms with Gasteiger partial charge in [-0.3, -0.25) is 13.9 Å². The zero-order chi connectivity index (χ0) is 14.9. The molecule has 0 bridgehead atoms. The van der Waals surface area contributed by atoms with Crippen molar-refractivity contribution in [3.63, 3.8) is 0 Å². The zero-order valence-electron chi connectivity index (χ0n) is 12.1. The number of imidazole rings is 1. The van der Waals surface area contributed by atoms with Gasteiger partial charge >= 0.3 is 5.69 Å². The molecular weight excluding hydrogens is 278 g/mol. The Bertz CT molecular complexity index is 730. The van der Waals surface area contributed by atoms with Gasteiger partial charge in [-0.1, -0.05) is 6.92 Å². The summed E-state index contributed by atoms with van der Waals surface area (Å²) in [5, 5.41) is 3.21. The summed E-state index contributed by atoms with van der Waals surface area (Å²) in [5.74, 6) is 2.52. The Morgan fingerprint density at radius 1 is 1.35 bits per heavy atom.